The number of aliphatic hydroxyl groups is 1. The van der Waals surface area contributed by atoms with Crippen molar-refractivity contribution in [3.63, 3.8) is 0 Å². The van der Waals surface area contributed by atoms with Crippen molar-refractivity contribution in [2.75, 3.05) is 6.61 Å². The van der Waals surface area contributed by atoms with Gasteiger partial charge in [0.1, 0.15) is 5.78 Å². The van der Waals surface area contributed by atoms with Gasteiger partial charge in [0.2, 0.25) is 0 Å². The molecule has 0 heterocycles. The first-order chi connectivity index (χ1) is 5.57. The van der Waals surface area contributed by atoms with Gasteiger partial charge < -0.3 is 5.11 Å². The van der Waals surface area contributed by atoms with E-state index in [-0.39, 0.29) is 18.3 Å². The van der Waals surface area contributed by atoms with Gasteiger partial charge in [0, 0.05) is 12.5 Å². The van der Waals surface area contributed by atoms with Crippen LogP contribution in [0.4, 0.5) is 0 Å². The van der Waals surface area contributed by atoms with E-state index in [0.717, 1.165) is 18.4 Å². The Morgan fingerprint density at radius 2 is 2.00 bits per heavy atom. The van der Waals surface area contributed by atoms with Crippen LogP contribution in [0.5, 0.6) is 0 Å². The number of Topliss-reactive ketones (excluding diaryl/α,β-unsaturated/α-hetero) is 1. The van der Waals surface area contributed by atoms with Crippen molar-refractivity contribution in [1.29, 1.82) is 0 Å². The molecule has 2 nitrogen and oxygen atoms in total. The lowest BCUT2D eigenvalue weighted by atomic mass is 9.94. The number of allylic oxidation sites excluding steroid dienone is 1. The molecule has 0 saturated heterocycles. The smallest absolute Gasteiger partial charge is 0.133 e. The number of carbonyl (C=O) groups is 1. The second kappa shape index (κ2) is 5.95. The van der Waals surface area contributed by atoms with Crippen LogP contribution in [0.15, 0.2) is 12.2 Å². The molecular formula is C10H18O2. The van der Waals surface area contributed by atoms with Crippen LogP contribution in [0.3, 0.4) is 0 Å². The second-order valence-corrected chi connectivity index (χ2v) is 3.32. The minimum atomic E-state index is 0.0201. The van der Waals surface area contributed by atoms with Crippen molar-refractivity contribution in [3.8, 4) is 0 Å². The molecule has 1 unspecified atom stereocenters. The normalized spacial score (nSPS) is 12.6. The van der Waals surface area contributed by atoms with Gasteiger partial charge in [0.25, 0.3) is 0 Å². The molecule has 1 atom stereocenters. The monoisotopic (exact) mass is 170 g/mol. The third-order valence-corrected chi connectivity index (χ3v) is 1.97. The highest BCUT2D eigenvalue weighted by molar-refractivity contribution is 5.78. The maximum Gasteiger partial charge on any atom is 0.133 e. The highest BCUT2D eigenvalue weighted by Crippen LogP contribution is 2.14. The van der Waals surface area contributed by atoms with Gasteiger partial charge in [0.15, 0.2) is 0 Å². The SMILES string of the molecule is C=C(C)CCC(CCO)C(C)=O. The zero-order valence-corrected chi connectivity index (χ0v) is 7.97. The predicted molar refractivity (Wildman–Crippen MR) is 49.9 cm³/mol. The highest BCUT2D eigenvalue weighted by Gasteiger charge is 2.12. The Balaban J connectivity index is 3.79. The Morgan fingerprint density at radius 3 is 2.33 bits per heavy atom. The standard InChI is InChI=1S/C10H18O2/c1-8(2)4-5-10(6-7-11)9(3)12/h10-11H,1,4-7H2,2-3H3. The second-order valence-electron chi connectivity index (χ2n) is 3.32. The molecule has 1 N–H and O–H groups in total. The maximum atomic E-state index is 11.0. The van der Waals surface area contributed by atoms with Crippen LogP contribution in [0.1, 0.15) is 33.1 Å². The molecule has 0 amide bonds. The zero-order chi connectivity index (χ0) is 9.56. The fraction of sp³-hybridized carbons (Fsp3) is 0.700. The van der Waals surface area contributed by atoms with Crippen molar-refractivity contribution in [1.82, 2.24) is 0 Å². The Labute approximate surface area is 74.3 Å². The third-order valence-electron chi connectivity index (χ3n) is 1.97. The molecule has 0 saturated carbocycles. The Morgan fingerprint density at radius 1 is 1.42 bits per heavy atom. The molecule has 0 radical (unpaired) electrons. The average molecular weight is 170 g/mol. The van der Waals surface area contributed by atoms with Crippen LogP contribution < -0.4 is 0 Å². The molecule has 2 heteroatoms. The summed E-state index contributed by atoms with van der Waals surface area (Å²) in [4.78, 5) is 11.0. The molecule has 12 heavy (non-hydrogen) atoms. The summed E-state index contributed by atoms with van der Waals surface area (Å²) in [6.45, 7) is 7.41. The van der Waals surface area contributed by atoms with E-state index in [0.29, 0.717) is 6.42 Å². The molecule has 0 rings (SSSR count). The van der Waals surface area contributed by atoms with Gasteiger partial charge in [-0.3, -0.25) is 4.79 Å². The molecule has 0 fully saturated rings. The summed E-state index contributed by atoms with van der Waals surface area (Å²) in [5, 5.41) is 8.68. The molecule has 70 valence electrons. The fourth-order valence-corrected chi connectivity index (χ4v) is 1.13. The molecular weight excluding hydrogens is 152 g/mol. The van der Waals surface area contributed by atoms with E-state index in [9.17, 15) is 4.79 Å². The summed E-state index contributed by atoms with van der Waals surface area (Å²) < 4.78 is 0. The van der Waals surface area contributed by atoms with E-state index in [1.165, 1.54) is 0 Å². The van der Waals surface area contributed by atoms with Crippen molar-refractivity contribution in [3.05, 3.63) is 12.2 Å². The van der Waals surface area contributed by atoms with E-state index >= 15 is 0 Å². The minimum absolute atomic E-state index is 0.0201. The molecule has 0 aromatic rings. The molecule has 0 aromatic heterocycles. The van der Waals surface area contributed by atoms with Gasteiger partial charge in [-0.05, 0) is 33.1 Å². The zero-order valence-electron chi connectivity index (χ0n) is 7.97. The van der Waals surface area contributed by atoms with E-state index in [4.69, 9.17) is 5.11 Å². The highest BCUT2D eigenvalue weighted by atomic mass is 16.3. The summed E-state index contributed by atoms with van der Waals surface area (Å²) in [5.41, 5.74) is 1.10. The van der Waals surface area contributed by atoms with Crippen LogP contribution in [-0.2, 0) is 4.79 Å². The molecule has 0 aliphatic rings. The lowest BCUT2D eigenvalue weighted by Crippen LogP contribution is -2.12. The summed E-state index contributed by atoms with van der Waals surface area (Å²) in [7, 11) is 0. The lowest BCUT2D eigenvalue weighted by Gasteiger charge is -2.11. The molecule has 0 spiro atoms. The number of aliphatic hydroxyl groups excluding tert-OH is 1. The largest absolute Gasteiger partial charge is 0.396 e. The van der Waals surface area contributed by atoms with Crippen LogP contribution in [-0.4, -0.2) is 17.5 Å². The number of carbonyl (C=O) groups excluding carboxylic acids is 1. The summed E-state index contributed by atoms with van der Waals surface area (Å²) >= 11 is 0. The van der Waals surface area contributed by atoms with E-state index in [1.807, 2.05) is 6.92 Å². The van der Waals surface area contributed by atoms with Gasteiger partial charge in [-0.25, -0.2) is 0 Å². The molecule has 0 bridgehead atoms. The summed E-state index contributed by atoms with van der Waals surface area (Å²) in [5.74, 6) is 0.192. The van der Waals surface area contributed by atoms with E-state index in [2.05, 4.69) is 6.58 Å². The van der Waals surface area contributed by atoms with Crippen LogP contribution in [0, 0.1) is 5.92 Å². The van der Waals surface area contributed by atoms with Gasteiger partial charge in [-0.15, -0.1) is 6.58 Å². The van der Waals surface area contributed by atoms with Crippen LogP contribution in [0.2, 0.25) is 0 Å². The minimum Gasteiger partial charge on any atom is -0.396 e. The van der Waals surface area contributed by atoms with E-state index < -0.39 is 0 Å². The first-order valence-corrected chi connectivity index (χ1v) is 4.33. The summed E-state index contributed by atoms with van der Waals surface area (Å²) in [6, 6.07) is 0. The summed E-state index contributed by atoms with van der Waals surface area (Å²) in [6.07, 6.45) is 2.29. The van der Waals surface area contributed by atoms with Gasteiger partial charge >= 0.3 is 0 Å². The Hall–Kier alpha value is -0.630. The third kappa shape index (κ3) is 5.08. The maximum absolute atomic E-state index is 11.0. The van der Waals surface area contributed by atoms with Crippen LogP contribution in [0.25, 0.3) is 0 Å². The first kappa shape index (κ1) is 11.4. The number of rotatable bonds is 6. The topological polar surface area (TPSA) is 37.3 Å². The first-order valence-electron chi connectivity index (χ1n) is 4.33. The van der Waals surface area contributed by atoms with Crippen molar-refractivity contribution in [2.45, 2.75) is 33.1 Å². The van der Waals surface area contributed by atoms with Crippen molar-refractivity contribution >= 4 is 5.78 Å². The number of hydrogen-bond donors (Lipinski definition) is 1. The molecule has 0 aromatic carbocycles. The van der Waals surface area contributed by atoms with Crippen molar-refractivity contribution < 1.29 is 9.90 Å². The average Bonchev–Trinajstić information content (AvgIpc) is 1.96. The van der Waals surface area contributed by atoms with Crippen molar-refractivity contribution in [2.24, 2.45) is 5.92 Å². The molecule has 0 aliphatic carbocycles. The predicted octanol–water partition coefficient (Wildman–Crippen LogP) is 1.93. The van der Waals surface area contributed by atoms with Crippen LogP contribution >= 0.6 is 0 Å². The fourth-order valence-electron chi connectivity index (χ4n) is 1.13. The lowest BCUT2D eigenvalue weighted by molar-refractivity contribution is -0.121. The number of ketones is 1. The quantitative estimate of drug-likeness (QED) is 0.618. The van der Waals surface area contributed by atoms with E-state index in [1.54, 1.807) is 6.92 Å². The number of hydrogen-bond acceptors (Lipinski definition) is 2. The van der Waals surface area contributed by atoms with Gasteiger partial charge in [-0.2, -0.15) is 0 Å². The molecule has 0 aliphatic heterocycles. The van der Waals surface area contributed by atoms with Gasteiger partial charge in [0.05, 0.1) is 0 Å². The Bertz CT molecular complexity index is 161. The Kier molecular flexibility index (Phi) is 5.64. The van der Waals surface area contributed by atoms with Gasteiger partial charge in [-0.1, -0.05) is 5.57 Å².